The molecule has 2 aromatic rings. The van der Waals surface area contributed by atoms with Crippen molar-refractivity contribution in [2.24, 2.45) is 0 Å². The van der Waals surface area contributed by atoms with Crippen molar-refractivity contribution in [3.05, 3.63) is 75.1 Å². The number of rotatable bonds is 2. The summed E-state index contributed by atoms with van der Waals surface area (Å²) in [5.41, 5.74) is 5.92. The molecule has 0 unspecified atom stereocenters. The summed E-state index contributed by atoms with van der Waals surface area (Å²) < 4.78 is 7.83. The van der Waals surface area contributed by atoms with Crippen molar-refractivity contribution in [3.63, 3.8) is 0 Å². The molecule has 0 N–H and O–H groups in total. The van der Waals surface area contributed by atoms with Crippen LogP contribution in [0.4, 0.5) is 0 Å². The average molecular weight is 406 g/mol. The largest absolute Gasteiger partial charge is 1.00 e. The van der Waals surface area contributed by atoms with Crippen LogP contribution in [0.1, 0.15) is 17.5 Å². The Morgan fingerprint density at radius 2 is 1.68 bits per heavy atom. The summed E-state index contributed by atoms with van der Waals surface area (Å²) in [4.78, 5) is 0. The molecule has 0 amide bonds. The SMILES string of the molecule is [CH2]=[Zr+2]([C]1=CC=CC1)[c]1cccc2c1Cc1ccccc1-2.[Cl-].[Cl-]. The first-order valence-electron chi connectivity index (χ1n) is 7.10. The van der Waals surface area contributed by atoms with E-state index in [2.05, 4.69) is 64.9 Å². The van der Waals surface area contributed by atoms with Crippen LogP contribution >= 0.6 is 0 Å². The van der Waals surface area contributed by atoms with Crippen LogP contribution < -0.4 is 28.1 Å². The van der Waals surface area contributed by atoms with Gasteiger partial charge < -0.3 is 24.8 Å². The molecule has 0 fully saturated rings. The van der Waals surface area contributed by atoms with Gasteiger partial charge in [-0.25, -0.2) is 0 Å². The van der Waals surface area contributed by atoms with Crippen molar-refractivity contribution < 1.29 is 46.1 Å². The molecule has 0 saturated carbocycles. The van der Waals surface area contributed by atoms with E-state index in [1.807, 2.05) is 0 Å². The number of allylic oxidation sites excluding steroid dienone is 4. The van der Waals surface area contributed by atoms with Gasteiger partial charge in [0.15, 0.2) is 0 Å². The van der Waals surface area contributed by atoms with Crippen molar-refractivity contribution in [2.45, 2.75) is 12.8 Å². The summed E-state index contributed by atoms with van der Waals surface area (Å²) in [7, 11) is 0. The van der Waals surface area contributed by atoms with Crippen LogP contribution in [0.2, 0.25) is 0 Å². The minimum Gasteiger partial charge on any atom is -1.00 e. The van der Waals surface area contributed by atoms with E-state index in [9.17, 15) is 0 Å². The fourth-order valence-electron chi connectivity index (χ4n) is 3.28. The summed E-state index contributed by atoms with van der Waals surface area (Å²) in [5, 5.41) is 0. The fourth-order valence-corrected chi connectivity index (χ4v) is 7.94. The van der Waals surface area contributed by atoms with E-state index in [1.165, 1.54) is 16.7 Å². The smallest absolute Gasteiger partial charge is 1.00 e. The van der Waals surface area contributed by atoms with Crippen LogP contribution in [0.15, 0.2) is 64.0 Å². The topological polar surface area (TPSA) is 0 Å². The molecule has 0 atom stereocenters. The molecule has 0 heterocycles. The Kier molecular flexibility index (Phi) is 5.78. The van der Waals surface area contributed by atoms with Gasteiger partial charge in [0.1, 0.15) is 0 Å². The van der Waals surface area contributed by atoms with Crippen LogP contribution in [0.5, 0.6) is 0 Å². The molecule has 0 radical (unpaired) electrons. The van der Waals surface area contributed by atoms with Gasteiger partial charge in [-0.1, -0.05) is 0 Å². The van der Waals surface area contributed by atoms with Gasteiger partial charge in [0.2, 0.25) is 0 Å². The van der Waals surface area contributed by atoms with Gasteiger partial charge >= 0.3 is 128 Å². The zero-order chi connectivity index (χ0) is 13.5. The first-order chi connectivity index (χ1) is 9.84. The minimum absolute atomic E-state index is 0. The zero-order valence-electron chi connectivity index (χ0n) is 12.2. The van der Waals surface area contributed by atoms with Gasteiger partial charge in [-0.2, -0.15) is 0 Å². The van der Waals surface area contributed by atoms with E-state index in [1.54, 1.807) is 12.1 Å². The molecule has 0 saturated heterocycles. The summed E-state index contributed by atoms with van der Waals surface area (Å²) in [6.07, 6.45) is 9.00. The van der Waals surface area contributed by atoms with Crippen molar-refractivity contribution in [3.8, 4) is 11.1 Å². The number of hydrogen-bond donors (Lipinski definition) is 0. The van der Waals surface area contributed by atoms with Gasteiger partial charge in [0, 0.05) is 0 Å². The number of fused-ring (bicyclic) bond motifs is 3. The normalized spacial score (nSPS) is 13.1. The third-order valence-corrected chi connectivity index (χ3v) is 9.90. The number of hydrogen-bond acceptors (Lipinski definition) is 0. The Bertz CT molecular complexity index is 788. The third kappa shape index (κ3) is 2.87. The molecule has 2 aromatic carbocycles. The van der Waals surface area contributed by atoms with Crippen LogP contribution in [-0.4, -0.2) is 4.21 Å². The Labute approximate surface area is 151 Å². The Morgan fingerprint density at radius 1 is 0.909 bits per heavy atom. The molecule has 0 nitrogen and oxygen atoms in total. The maximum absolute atomic E-state index is 4.62. The van der Waals surface area contributed by atoms with E-state index >= 15 is 0 Å². The van der Waals surface area contributed by atoms with E-state index in [0.717, 1.165) is 12.8 Å². The van der Waals surface area contributed by atoms with Crippen molar-refractivity contribution >= 4 is 7.48 Å². The second kappa shape index (κ2) is 7.22. The molecule has 2 aliphatic carbocycles. The van der Waals surface area contributed by atoms with Gasteiger partial charge in [-0.15, -0.1) is 0 Å². The van der Waals surface area contributed by atoms with Crippen molar-refractivity contribution in [1.29, 1.82) is 0 Å². The summed E-state index contributed by atoms with van der Waals surface area (Å²) >= 11 is -1.87. The van der Waals surface area contributed by atoms with Gasteiger partial charge in [0.05, 0.1) is 0 Å². The quantitative estimate of drug-likeness (QED) is 0.453. The van der Waals surface area contributed by atoms with E-state index in [4.69, 9.17) is 0 Å². The van der Waals surface area contributed by atoms with Gasteiger partial charge in [0.25, 0.3) is 0 Å². The Hall–Kier alpha value is -0.747. The molecule has 0 bridgehead atoms. The van der Waals surface area contributed by atoms with Crippen molar-refractivity contribution in [1.82, 2.24) is 0 Å². The summed E-state index contributed by atoms with van der Waals surface area (Å²) in [5.74, 6) is 0. The molecular formula is C19H16Cl2Zr. The van der Waals surface area contributed by atoms with Crippen LogP contribution in [0, 0.1) is 0 Å². The van der Waals surface area contributed by atoms with Crippen LogP contribution in [0.3, 0.4) is 0 Å². The summed E-state index contributed by atoms with van der Waals surface area (Å²) in [6.45, 7) is 0. The van der Waals surface area contributed by atoms with Gasteiger partial charge in [-0.3, -0.25) is 0 Å². The fraction of sp³-hybridized carbons (Fsp3) is 0.105. The molecule has 22 heavy (non-hydrogen) atoms. The van der Waals surface area contributed by atoms with E-state index in [-0.39, 0.29) is 24.8 Å². The minimum atomic E-state index is -1.87. The van der Waals surface area contributed by atoms with Crippen molar-refractivity contribution in [2.75, 3.05) is 0 Å². The molecule has 3 heteroatoms. The molecule has 0 aliphatic heterocycles. The Balaban J connectivity index is 0.000000882. The molecule has 2 aliphatic rings. The molecular weight excluding hydrogens is 390 g/mol. The first kappa shape index (κ1) is 17.6. The molecule has 4 rings (SSSR count). The number of halogens is 2. The summed E-state index contributed by atoms with van der Waals surface area (Å²) in [6, 6.07) is 15.7. The van der Waals surface area contributed by atoms with E-state index in [0.29, 0.717) is 0 Å². The monoisotopic (exact) mass is 404 g/mol. The second-order valence-corrected chi connectivity index (χ2v) is 10.7. The Morgan fingerprint density at radius 3 is 2.45 bits per heavy atom. The molecule has 0 spiro atoms. The predicted octanol–water partition coefficient (Wildman–Crippen LogP) is -2.21. The zero-order valence-corrected chi connectivity index (χ0v) is 16.1. The average Bonchev–Trinajstić information content (AvgIpc) is 3.13. The second-order valence-electron chi connectivity index (χ2n) is 5.47. The first-order valence-corrected chi connectivity index (χ1v) is 11.3. The van der Waals surface area contributed by atoms with Crippen LogP contribution in [-0.2, 0) is 27.7 Å². The third-order valence-electron chi connectivity index (χ3n) is 4.33. The van der Waals surface area contributed by atoms with Crippen LogP contribution in [0.25, 0.3) is 11.1 Å². The molecule has 110 valence electrons. The standard InChI is InChI=1S/C13H9.C5H5.CH2.2ClH.Zr/c1-3-7-12-10(5-1)9-11-6-2-4-8-13(11)12;1-2-4-5-3-1;;;;/h1-5,7-8H,9H2;1-3H,4H2;1H2;2*1H;/q;;;;;+2/p-2. The predicted molar refractivity (Wildman–Crippen MR) is 83.3 cm³/mol. The van der Waals surface area contributed by atoms with Gasteiger partial charge in [-0.05, 0) is 0 Å². The molecule has 0 aromatic heterocycles. The van der Waals surface area contributed by atoms with E-state index < -0.39 is 21.3 Å². The number of benzene rings is 2. The maximum Gasteiger partial charge on any atom is -1.00 e. The maximum atomic E-state index is 4.62.